The Morgan fingerprint density at radius 2 is 1.62 bits per heavy atom. The molecule has 1 aromatic carbocycles. The number of rotatable bonds is 3. The highest BCUT2D eigenvalue weighted by Crippen LogP contribution is 2.33. The summed E-state index contributed by atoms with van der Waals surface area (Å²) in [6.45, 7) is 1.38. The molecule has 0 aliphatic carbocycles. The second-order valence-corrected chi connectivity index (χ2v) is 4.58. The van der Waals surface area contributed by atoms with E-state index in [1.165, 1.54) is 6.92 Å². The molecule has 0 unspecified atom stereocenters. The quantitative estimate of drug-likeness (QED) is 0.706. The first-order valence-corrected chi connectivity index (χ1v) is 6.23. The second-order valence-electron chi connectivity index (χ2n) is 4.58. The van der Waals surface area contributed by atoms with Gasteiger partial charge in [0.15, 0.2) is 11.5 Å². The number of halogens is 7. The molecule has 0 aliphatic heterocycles. The van der Waals surface area contributed by atoms with Crippen LogP contribution in [0.15, 0.2) is 30.5 Å². The van der Waals surface area contributed by atoms with E-state index in [4.69, 9.17) is 4.74 Å². The van der Waals surface area contributed by atoms with Gasteiger partial charge in [-0.05, 0) is 30.7 Å². The van der Waals surface area contributed by atoms with Crippen molar-refractivity contribution in [1.29, 1.82) is 0 Å². The summed E-state index contributed by atoms with van der Waals surface area (Å²) in [5.41, 5.74) is -1.50. The Balaban J connectivity index is 2.21. The van der Waals surface area contributed by atoms with E-state index in [9.17, 15) is 30.7 Å². The zero-order chi connectivity index (χ0) is 18.1. The molecule has 1 aromatic heterocycles. The van der Waals surface area contributed by atoms with Gasteiger partial charge in [-0.1, -0.05) is 0 Å². The van der Waals surface area contributed by atoms with Crippen molar-refractivity contribution in [3.8, 4) is 17.2 Å². The first-order chi connectivity index (χ1) is 11.0. The minimum atomic E-state index is -4.95. The molecule has 0 spiro atoms. The molecule has 1 heterocycles. The molecule has 0 atom stereocenters. The maximum Gasteiger partial charge on any atom is 0.573 e. The first-order valence-electron chi connectivity index (χ1n) is 6.23. The molecule has 0 N–H and O–H groups in total. The van der Waals surface area contributed by atoms with Crippen LogP contribution in [-0.2, 0) is 6.18 Å². The van der Waals surface area contributed by atoms with Crippen molar-refractivity contribution in [2.24, 2.45) is 0 Å². The summed E-state index contributed by atoms with van der Waals surface area (Å²) < 4.78 is 95.8. The Morgan fingerprint density at radius 1 is 0.958 bits per heavy atom. The fraction of sp³-hybridized carbons (Fsp3) is 0.214. The largest absolute Gasteiger partial charge is 0.573 e. The van der Waals surface area contributed by atoms with Gasteiger partial charge >= 0.3 is 12.5 Å². The summed E-state index contributed by atoms with van der Waals surface area (Å²) in [5.74, 6) is -2.46. The van der Waals surface area contributed by atoms with Crippen molar-refractivity contribution >= 4 is 0 Å². The lowest BCUT2D eigenvalue weighted by molar-refractivity contribution is -0.274. The van der Waals surface area contributed by atoms with E-state index in [0.29, 0.717) is 12.3 Å². The molecule has 0 amide bonds. The molecule has 0 saturated heterocycles. The smallest absolute Gasteiger partial charge is 0.455 e. The van der Waals surface area contributed by atoms with Crippen LogP contribution in [0.1, 0.15) is 11.3 Å². The van der Waals surface area contributed by atoms with Gasteiger partial charge in [0.25, 0.3) is 0 Å². The van der Waals surface area contributed by atoms with Crippen LogP contribution in [0.2, 0.25) is 0 Å². The third-order valence-electron chi connectivity index (χ3n) is 2.69. The number of hydrogen-bond donors (Lipinski definition) is 0. The minimum absolute atomic E-state index is 0.00508. The summed E-state index contributed by atoms with van der Waals surface area (Å²) in [6.07, 6.45) is -9.16. The molecule has 10 heteroatoms. The molecule has 0 aliphatic rings. The summed E-state index contributed by atoms with van der Waals surface area (Å²) >= 11 is 0. The maximum absolute atomic E-state index is 13.4. The predicted molar refractivity (Wildman–Crippen MR) is 67.1 cm³/mol. The van der Waals surface area contributed by atoms with Gasteiger partial charge in [-0.3, -0.25) is 0 Å². The Kier molecular flexibility index (Phi) is 4.59. The highest BCUT2D eigenvalue weighted by molar-refractivity contribution is 5.42. The number of aryl methyl sites for hydroxylation is 1. The molecule has 0 saturated carbocycles. The SMILES string of the molecule is Cc1cc(OC(F)(F)F)ccc1Oc1cnc(C(F)(F)F)c(F)c1. The summed E-state index contributed by atoms with van der Waals surface area (Å²) in [7, 11) is 0. The normalized spacial score (nSPS) is 12.2. The van der Waals surface area contributed by atoms with Crippen molar-refractivity contribution < 1.29 is 40.2 Å². The van der Waals surface area contributed by atoms with Crippen LogP contribution in [0.25, 0.3) is 0 Å². The van der Waals surface area contributed by atoms with Gasteiger partial charge in [-0.15, -0.1) is 13.2 Å². The van der Waals surface area contributed by atoms with Gasteiger partial charge < -0.3 is 9.47 Å². The zero-order valence-corrected chi connectivity index (χ0v) is 11.8. The summed E-state index contributed by atoms with van der Waals surface area (Å²) in [5, 5.41) is 0. The number of nitrogens with zero attached hydrogens (tertiary/aromatic N) is 1. The fourth-order valence-corrected chi connectivity index (χ4v) is 1.75. The van der Waals surface area contributed by atoms with Crippen LogP contribution in [0.3, 0.4) is 0 Å². The predicted octanol–water partition coefficient (Wildman–Crippen LogP) is 5.24. The molecule has 24 heavy (non-hydrogen) atoms. The van der Waals surface area contributed by atoms with E-state index in [-0.39, 0.29) is 17.1 Å². The average molecular weight is 355 g/mol. The Hall–Kier alpha value is -2.52. The van der Waals surface area contributed by atoms with Crippen LogP contribution in [-0.4, -0.2) is 11.3 Å². The van der Waals surface area contributed by atoms with Crippen LogP contribution in [0, 0.1) is 12.7 Å². The van der Waals surface area contributed by atoms with Crippen LogP contribution in [0.4, 0.5) is 30.7 Å². The van der Waals surface area contributed by atoms with E-state index in [0.717, 1.165) is 18.2 Å². The third-order valence-corrected chi connectivity index (χ3v) is 2.69. The molecule has 0 bridgehead atoms. The van der Waals surface area contributed by atoms with Crippen molar-refractivity contribution in [3.63, 3.8) is 0 Å². The first kappa shape index (κ1) is 17.8. The number of hydrogen-bond acceptors (Lipinski definition) is 3. The van der Waals surface area contributed by atoms with Crippen molar-refractivity contribution in [3.05, 3.63) is 47.5 Å². The van der Waals surface area contributed by atoms with E-state index < -0.39 is 29.8 Å². The number of aromatic nitrogens is 1. The van der Waals surface area contributed by atoms with Crippen LogP contribution >= 0.6 is 0 Å². The summed E-state index contributed by atoms with van der Waals surface area (Å²) in [4.78, 5) is 2.94. The number of ether oxygens (including phenoxy) is 2. The Morgan fingerprint density at radius 3 is 2.12 bits per heavy atom. The average Bonchev–Trinajstić information content (AvgIpc) is 2.38. The maximum atomic E-state index is 13.4. The van der Waals surface area contributed by atoms with Gasteiger partial charge in [-0.25, -0.2) is 9.37 Å². The number of pyridine rings is 1. The lowest BCUT2D eigenvalue weighted by Crippen LogP contribution is -2.17. The molecule has 0 fully saturated rings. The van der Waals surface area contributed by atoms with Gasteiger partial charge in [0.05, 0.1) is 6.20 Å². The van der Waals surface area contributed by atoms with Gasteiger partial charge in [0.2, 0.25) is 0 Å². The molecule has 130 valence electrons. The highest BCUT2D eigenvalue weighted by atomic mass is 19.4. The number of alkyl halides is 6. The monoisotopic (exact) mass is 355 g/mol. The molecule has 3 nitrogen and oxygen atoms in total. The fourth-order valence-electron chi connectivity index (χ4n) is 1.75. The molecule has 2 aromatic rings. The number of benzene rings is 1. The van der Waals surface area contributed by atoms with E-state index in [2.05, 4.69) is 9.72 Å². The lowest BCUT2D eigenvalue weighted by Gasteiger charge is -2.13. The summed E-state index contributed by atoms with van der Waals surface area (Å²) in [6, 6.07) is 3.54. The van der Waals surface area contributed by atoms with E-state index in [1.54, 1.807) is 0 Å². The van der Waals surface area contributed by atoms with Crippen molar-refractivity contribution in [2.75, 3.05) is 0 Å². The van der Waals surface area contributed by atoms with Gasteiger partial charge in [0, 0.05) is 6.07 Å². The van der Waals surface area contributed by atoms with E-state index >= 15 is 0 Å². The standard InChI is InChI=1S/C14H8F7NO2/c1-7-4-8(24-14(19,20)21)2-3-11(7)23-9-5-10(15)12(22-6-9)13(16,17)18/h2-6H,1H3. The molecule has 0 radical (unpaired) electrons. The van der Waals surface area contributed by atoms with Crippen LogP contribution < -0.4 is 9.47 Å². The lowest BCUT2D eigenvalue weighted by atomic mass is 10.2. The molecule has 2 rings (SSSR count). The zero-order valence-electron chi connectivity index (χ0n) is 11.8. The highest BCUT2D eigenvalue weighted by Gasteiger charge is 2.36. The molecular formula is C14H8F7NO2. The van der Waals surface area contributed by atoms with Gasteiger partial charge in [-0.2, -0.15) is 13.2 Å². The molecular weight excluding hydrogens is 347 g/mol. The van der Waals surface area contributed by atoms with Crippen molar-refractivity contribution in [1.82, 2.24) is 4.98 Å². The topological polar surface area (TPSA) is 31.4 Å². The Labute approximate surface area is 130 Å². The van der Waals surface area contributed by atoms with Gasteiger partial charge in [0.1, 0.15) is 17.2 Å². The van der Waals surface area contributed by atoms with Crippen LogP contribution in [0.5, 0.6) is 17.2 Å². The second kappa shape index (κ2) is 6.17. The van der Waals surface area contributed by atoms with Crippen molar-refractivity contribution in [2.45, 2.75) is 19.5 Å². The van der Waals surface area contributed by atoms with E-state index in [1.807, 2.05) is 0 Å². The minimum Gasteiger partial charge on any atom is -0.455 e. The Bertz CT molecular complexity index is 741. The third kappa shape index (κ3) is 4.49.